The van der Waals surface area contributed by atoms with Gasteiger partial charge in [-0.05, 0) is 48.9 Å². The third kappa shape index (κ3) is 4.00. The van der Waals surface area contributed by atoms with Gasteiger partial charge in [0.15, 0.2) is 5.78 Å². The van der Waals surface area contributed by atoms with Crippen LogP contribution in [0.4, 0.5) is 10.8 Å². The van der Waals surface area contributed by atoms with Gasteiger partial charge in [-0.25, -0.2) is 4.98 Å². The zero-order valence-corrected chi connectivity index (χ0v) is 14.4. The van der Waals surface area contributed by atoms with E-state index >= 15 is 0 Å². The second-order valence-corrected chi connectivity index (χ2v) is 6.48. The molecule has 1 N–H and O–H groups in total. The molecule has 0 atom stereocenters. The molecule has 0 spiro atoms. The number of aryl methyl sites for hydroxylation is 1. The minimum absolute atomic E-state index is 0.107. The van der Waals surface area contributed by atoms with Gasteiger partial charge in [0.05, 0.1) is 17.0 Å². The van der Waals surface area contributed by atoms with Crippen LogP contribution in [0.1, 0.15) is 20.9 Å². The van der Waals surface area contributed by atoms with Crippen molar-refractivity contribution in [3.63, 3.8) is 0 Å². The summed E-state index contributed by atoms with van der Waals surface area (Å²) < 4.78 is 5.13. The van der Waals surface area contributed by atoms with Crippen molar-refractivity contribution in [2.45, 2.75) is 13.3 Å². The Labute approximate surface area is 145 Å². The number of ketones is 1. The molecule has 4 nitrogen and oxygen atoms in total. The maximum absolute atomic E-state index is 12.4. The first kappa shape index (κ1) is 16.2. The van der Waals surface area contributed by atoms with Crippen LogP contribution in [0.25, 0.3) is 0 Å². The number of hydrogen-bond acceptors (Lipinski definition) is 5. The molecule has 0 aliphatic carbocycles. The lowest BCUT2D eigenvalue weighted by Gasteiger charge is -2.03. The zero-order chi connectivity index (χ0) is 16.9. The van der Waals surface area contributed by atoms with Crippen LogP contribution in [0.5, 0.6) is 5.75 Å². The van der Waals surface area contributed by atoms with Gasteiger partial charge in [-0.3, -0.25) is 4.79 Å². The number of rotatable bonds is 6. The van der Waals surface area contributed by atoms with Gasteiger partial charge < -0.3 is 10.1 Å². The average Bonchev–Trinajstić information content (AvgIpc) is 3.04. The van der Waals surface area contributed by atoms with Crippen molar-refractivity contribution in [1.82, 2.24) is 4.98 Å². The van der Waals surface area contributed by atoms with Crippen molar-refractivity contribution in [2.75, 3.05) is 12.4 Å². The van der Waals surface area contributed by atoms with Gasteiger partial charge in [-0.15, -0.1) is 11.3 Å². The molecule has 0 aliphatic heterocycles. The van der Waals surface area contributed by atoms with Gasteiger partial charge in [0.2, 0.25) is 0 Å². The Bertz CT molecular complexity index is 841. The Kier molecular flexibility index (Phi) is 4.91. The molecule has 0 fully saturated rings. The summed E-state index contributed by atoms with van der Waals surface area (Å²) >= 11 is 1.44. The van der Waals surface area contributed by atoms with Crippen molar-refractivity contribution >= 4 is 27.9 Å². The van der Waals surface area contributed by atoms with Gasteiger partial charge in [-0.1, -0.05) is 18.2 Å². The minimum atomic E-state index is 0.107. The van der Waals surface area contributed by atoms with Crippen LogP contribution >= 0.6 is 11.3 Å². The standard InChI is InChI=1S/C19H18N2O2S/c1-13-4-3-5-18(20-13)21-19-11-10-17(24-19)16(22)12-14-6-8-15(23-2)9-7-14/h3-11H,12H2,1-2H3,(H,20,21). The Morgan fingerprint density at radius 1 is 1.12 bits per heavy atom. The lowest BCUT2D eigenvalue weighted by molar-refractivity contribution is 0.0997. The maximum Gasteiger partial charge on any atom is 0.177 e. The topological polar surface area (TPSA) is 51.2 Å². The molecule has 2 heterocycles. The molecule has 24 heavy (non-hydrogen) atoms. The van der Waals surface area contributed by atoms with Gasteiger partial charge in [0, 0.05) is 12.1 Å². The first-order valence-corrected chi connectivity index (χ1v) is 8.42. The fourth-order valence-electron chi connectivity index (χ4n) is 2.31. The number of carbonyl (C=O) groups is 1. The molecule has 5 heteroatoms. The van der Waals surface area contributed by atoms with Crippen LogP contribution in [-0.4, -0.2) is 17.9 Å². The lowest BCUT2D eigenvalue weighted by atomic mass is 10.1. The SMILES string of the molecule is COc1ccc(CC(=O)c2ccc(Nc3cccc(C)n3)s2)cc1. The molecule has 0 radical (unpaired) electrons. The molecule has 0 amide bonds. The smallest absolute Gasteiger partial charge is 0.177 e. The lowest BCUT2D eigenvalue weighted by Crippen LogP contribution is -2.00. The number of Topliss-reactive ketones (excluding diaryl/α,β-unsaturated/α-hetero) is 1. The molecule has 2 aromatic heterocycles. The van der Waals surface area contributed by atoms with E-state index in [1.807, 2.05) is 61.5 Å². The van der Waals surface area contributed by atoms with E-state index < -0.39 is 0 Å². The van der Waals surface area contributed by atoms with Crippen LogP contribution in [0, 0.1) is 6.92 Å². The minimum Gasteiger partial charge on any atom is -0.497 e. The number of benzene rings is 1. The van der Waals surface area contributed by atoms with Gasteiger partial charge in [-0.2, -0.15) is 0 Å². The van der Waals surface area contributed by atoms with Crippen LogP contribution in [0.3, 0.4) is 0 Å². The van der Waals surface area contributed by atoms with E-state index in [9.17, 15) is 4.79 Å². The molecule has 3 rings (SSSR count). The number of pyridine rings is 1. The summed E-state index contributed by atoms with van der Waals surface area (Å²) in [6.45, 7) is 1.95. The van der Waals surface area contributed by atoms with E-state index in [-0.39, 0.29) is 5.78 Å². The van der Waals surface area contributed by atoms with E-state index in [2.05, 4.69) is 10.3 Å². The summed E-state index contributed by atoms with van der Waals surface area (Å²) in [6, 6.07) is 17.1. The van der Waals surface area contributed by atoms with Crippen LogP contribution in [0.2, 0.25) is 0 Å². The molecular formula is C19H18N2O2S. The first-order valence-electron chi connectivity index (χ1n) is 7.61. The second kappa shape index (κ2) is 7.27. The predicted octanol–water partition coefficient (Wildman–Crippen LogP) is 4.63. The quantitative estimate of drug-likeness (QED) is 0.666. The highest BCUT2D eigenvalue weighted by Crippen LogP contribution is 2.26. The molecule has 0 aliphatic rings. The highest BCUT2D eigenvalue weighted by Gasteiger charge is 2.11. The van der Waals surface area contributed by atoms with Crippen molar-refractivity contribution in [2.24, 2.45) is 0 Å². The fourth-order valence-corrected chi connectivity index (χ4v) is 3.16. The third-order valence-corrected chi connectivity index (χ3v) is 4.59. The molecule has 0 saturated heterocycles. The number of nitrogens with one attached hydrogen (secondary N) is 1. The highest BCUT2D eigenvalue weighted by molar-refractivity contribution is 7.18. The van der Waals surface area contributed by atoms with Crippen LogP contribution < -0.4 is 10.1 Å². The molecule has 122 valence electrons. The number of ether oxygens (including phenoxy) is 1. The highest BCUT2D eigenvalue weighted by atomic mass is 32.1. The van der Waals surface area contributed by atoms with Gasteiger partial charge in [0.1, 0.15) is 11.6 Å². The molecule has 1 aromatic carbocycles. The fraction of sp³-hybridized carbons (Fsp3) is 0.158. The van der Waals surface area contributed by atoms with Crippen molar-refractivity contribution < 1.29 is 9.53 Å². The van der Waals surface area contributed by atoms with E-state index in [1.54, 1.807) is 7.11 Å². The van der Waals surface area contributed by atoms with Crippen molar-refractivity contribution in [3.8, 4) is 5.75 Å². The molecule has 0 saturated carbocycles. The predicted molar refractivity (Wildman–Crippen MR) is 97.6 cm³/mol. The Hall–Kier alpha value is -2.66. The van der Waals surface area contributed by atoms with Crippen LogP contribution in [-0.2, 0) is 6.42 Å². The van der Waals surface area contributed by atoms with E-state index in [0.29, 0.717) is 6.42 Å². The Morgan fingerprint density at radius 2 is 1.92 bits per heavy atom. The van der Waals surface area contributed by atoms with E-state index in [0.717, 1.165) is 32.7 Å². The number of thiophene rings is 1. The zero-order valence-electron chi connectivity index (χ0n) is 13.6. The number of methoxy groups -OCH3 is 1. The van der Waals surface area contributed by atoms with Crippen molar-refractivity contribution in [1.29, 1.82) is 0 Å². The molecule has 3 aromatic rings. The third-order valence-electron chi connectivity index (χ3n) is 3.54. The monoisotopic (exact) mass is 338 g/mol. The summed E-state index contributed by atoms with van der Waals surface area (Å²) in [5.41, 5.74) is 1.93. The van der Waals surface area contributed by atoms with Crippen molar-refractivity contribution in [3.05, 3.63) is 70.7 Å². The second-order valence-electron chi connectivity index (χ2n) is 5.40. The average molecular weight is 338 g/mol. The van der Waals surface area contributed by atoms with Gasteiger partial charge >= 0.3 is 0 Å². The summed E-state index contributed by atoms with van der Waals surface area (Å²) in [6.07, 6.45) is 0.382. The maximum atomic E-state index is 12.4. The first-order chi connectivity index (χ1) is 11.6. The normalized spacial score (nSPS) is 10.4. The largest absolute Gasteiger partial charge is 0.497 e. The number of carbonyl (C=O) groups excluding carboxylic acids is 1. The Morgan fingerprint density at radius 3 is 2.62 bits per heavy atom. The molecular weight excluding hydrogens is 320 g/mol. The summed E-state index contributed by atoms with van der Waals surface area (Å²) in [5, 5.41) is 4.15. The Balaban J connectivity index is 1.66. The molecule has 0 unspecified atom stereocenters. The number of nitrogens with zero attached hydrogens (tertiary/aromatic N) is 1. The summed E-state index contributed by atoms with van der Waals surface area (Å²) in [7, 11) is 1.63. The van der Waals surface area contributed by atoms with E-state index in [4.69, 9.17) is 4.74 Å². The summed E-state index contributed by atoms with van der Waals surface area (Å²) in [4.78, 5) is 17.6. The van der Waals surface area contributed by atoms with E-state index in [1.165, 1.54) is 11.3 Å². The number of hydrogen-bond donors (Lipinski definition) is 1. The molecule has 0 bridgehead atoms. The summed E-state index contributed by atoms with van der Waals surface area (Å²) in [5.74, 6) is 1.68. The number of anilines is 2. The number of aromatic nitrogens is 1. The van der Waals surface area contributed by atoms with Crippen LogP contribution in [0.15, 0.2) is 54.6 Å². The van der Waals surface area contributed by atoms with Gasteiger partial charge in [0.25, 0.3) is 0 Å².